The van der Waals surface area contributed by atoms with Crippen molar-refractivity contribution >= 4 is 11.9 Å². The van der Waals surface area contributed by atoms with Gasteiger partial charge in [0.15, 0.2) is 0 Å². The van der Waals surface area contributed by atoms with E-state index in [1.165, 1.54) is 13.5 Å². The number of rotatable bonds is 4. The lowest BCUT2D eigenvalue weighted by atomic mass is 9.87. The maximum absolute atomic E-state index is 11.3. The molecule has 2 atom stereocenters. The number of carbonyl (C=O) groups is 2. The number of hydrogen-bond acceptors (Lipinski definition) is 4. The Hall–Kier alpha value is -1.84. The van der Waals surface area contributed by atoms with Crippen LogP contribution in [0, 0.1) is 5.92 Å². The smallest absolute Gasteiger partial charge is 0.333 e. The predicted octanol–water partition coefficient (Wildman–Crippen LogP) is 3.20. The summed E-state index contributed by atoms with van der Waals surface area (Å²) in [7, 11) is 1.31. The van der Waals surface area contributed by atoms with Crippen molar-refractivity contribution in [3.8, 4) is 0 Å². The third-order valence-electron chi connectivity index (χ3n) is 2.99. The Bertz CT molecular complexity index is 371. The standard InChI is InChI=1S/C12H18O2.C4H6O2/c1-4-10-6-5-7-11(8-10)14-12(13)9(2)3;1-3-4(5)6-2/h4,10-11H,1-2,5-8H2,3H3;3H,1H2,2H3. The van der Waals surface area contributed by atoms with Crippen molar-refractivity contribution in [2.24, 2.45) is 5.92 Å². The van der Waals surface area contributed by atoms with Crippen molar-refractivity contribution in [1.29, 1.82) is 0 Å². The van der Waals surface area contributed by atoms with E-state index < -0.39 is 5.97 Å². The second-order valence-electron chi connectivity index (χ2n) is 4.70. The number of carbonyl (C=O) groups excluding carboxylic acids is 2. The van der Waals surface area contributed by atoms with E-state index in [1.807, 2.05) is 6.08 Å². The topological polar surface area (TPSA) is 52.6 Å². The summed E-state index contributed by atoms with van der Waals surface area (Å²) in [6, 6.07) is 0. The molecule has 1 aliphatic rings. The van der Waals surface area contributed by atoms with Gasteiger partial charge in [0.05, 0.1) is 7.11 Å². The van der Waals surface area contributed by atoms with Crippen LogP contribution in [-0.4, -0.2) is 25.2 Å². The van der Waals surface area contributed by atoms with E-state index in [0.717, 1.165) is 25.3 Å². The zero-order valence-corrected chi connectivity index (χ0v) is 12.4. The fourth-order valence-electron chi connectivity index (χ4n) is 1.84. The molecule has 0 N–H and O–H groups in total. The molecule has 0 aromatic rings. The second kappa shape index (κ2) is 10.0. The molecule has 0 aliphatic heterocycles. The largest absolute Gasteiger partial charge is 0.466 e. The summed E-state index contributed by atoms with van der Waals surface area (Å²) >= 11 is 0. The predicted molar refractivity (Wildman–Crippen MR) is 79.1 cm³/mol. The maximum atomic E-state index is 11.3. The molecule has 20 heavy (non-hydrogen) atoms. The summed E-state index contributed by atoms with van der Waals surface area (Å²) in [6.07, 6.45) is 7.32. The highest BCUT2D eigenvalue weighted by Crippen LogP contribution is 2.27. The molecule has 0 aromatic heterocycles. The van der Waals surface area contributed by atoms with Crippen molar-refractivity contribution in [2.75, 3.05) is 7.11 Å². The van der Waals surface area contributed by atoms with Gasteiger partial charge < -0.3 is 9.47 Å². The van der Waals surface area contributed by atoms with Crippen LogP contribution >= 0.6 is 0 Å². The average Bonchev–Trinajstić information content (AvgIpc) is 2.47. The van der Waals surface area contributed by atoms with Crippen molar-refractivity contribution in [3.63, 3.8) is 0 Å². The molecule has 0 amide bonds. The third-order valence-corrected chi connectivity index (χ3v) is 2.99. The monoisotopic (exact) mass is 280 g/mol. The molecule has 0 radical (unpaired) electrons. The summed E-state index contributed by atoms with van der Waals surface area (Å²) in [4.78, 5) is 21.1. The highest BCUT2D eigenvalue weighted by molar-refractivity contribution is 5.87. The van der Waals surface area contributed by atoms with E-state index in [0.29, 0.717) is 11.5 Å². The molecule has 112 valence electrons. The molecular weight excluding hydrogens is 256 g/mol. The molecule has 0 heterocycles. The van der Waals surface area contributed by atoms with Crippen LogP contribution in [-0.2, 0) is 19.1 Å². The fourth-order valence-corrected chi connectivity index (χ4v) is 1.84. The van der Waals surface area contributed by atoms with E-state index in [1.54, 1.807) is 6.92 Å². The highest BCUT2D eigenvalue weighted by atomic mass is 16.5. The Balaban J connectivity index is 0.000000511. The Morgan fingerprint density at radius 2 is 1.90 bits per heavy atom. The van der Waals surface area contributed by atoms with Crippen LogP contribution in [0.1, 0.15) is 32.6 Å². The van der Waals surface area contributed by atoms with E-state index >= 15 is 0 Å². The molecule has 0 aromatic carbocycles. The van der Waals surface area contributed by atoms with E-state index in [-0.39, 0.29) is 12.1 Å². The lowest BCUT2D eigenvalue weighted by Crippen LogP contribution is -2.25. The van der Waals surface area contributed by atoms with Gasteiger partial charge in [0.25, 0.3) is 0 Å². The molecular formula is C16H24O4. The minimum Gasteiger partial charge on any atom is -0.466 e. The number of hydrogen-bond donors (Lipinski definition) is 0. The first-order valence-electron chi connectivity index (χ1n) is 6.64. The first-order valence-corrected chi connectivity index (χ1v) is 6.64. The molecule has 4 heteroatoms. The van der Waals surface area contributed by atoms with Gasteiger partial charge in [0, 0.05) is 11.6 Å². The number of ether oxygens (including phenoxy) is 2. The van der Waals surface area contributed by atoms with Crippen LogP contribution in [0.5, 0.6) is 0 Å². The van der Waals surface area contributed by atoms with Gasteiger partial charge in [-0.25, -0.2) is 9.59 Å². The molecule has 0 spiro atoms. The summed E-state index contributed by atoms with van der Waals surface area (Å²) in [6.45, 7) is 12.2. The second-order valence-corrected chi connectivity index (χ2v) is 4.70. The summed E-state index contributed by atoms with van der Waals surface area (Å²) in [5.74, 6) is -0.151. The Morgan fingerprint density at radius 1 is 1.25 bits per heavy atom. The molecule has 0 bridgehead atoms. The van der Waals surface area contributed by atoms with Gasteiger partial charge in [-0.1, -0.05) is 19.2 Å². The first kappa shape index (κ1) is 18.2. The normalized spacial score (nSPS) is 20.7. The van der Waals surface area contributed by atoms with Gasteiger partial charge in [-0.15, -0.1) is 6.58 Å². The highest BCUT2D eigenvalue weighted by Gasteiger charge is 2.22. The zero-order chi connectivity index (χ0) is 15.5. The summed E-state index contributed by atoms with van der Waals surface area (Å²) in [5.41, 5.74) is 0.478. The first-order chi connectivity index (χ1) is 9.44. The quantitative estimate of drug-likeness (QED) is 0.451. The SMILES string of the molecule is C=CC(=O)OC.C=CC1CCCC(OC(=O)C(=C)C)C1. The van der Waals surface area contributed by atoms with Crippen LogP contribution in [0.2, 0.25) is 0 Å². The minimum absolute atomic E-state index is 0.0657. The number of methoxy groups -OCH3 is 1. The van der Waals surface area contributed by atoms with Gasteiger partial charge in [-0.2, -0.15) is 0 Å². The minimum atomic E-state index is -0.394. The van der Waals surface area contributed by atoms with Gasteiger partial charge in [0.2, 0.25) is 0 Å². The number of esters is 2. The molecule has 1 saturated carbocycles. The van der Waals surface area contributed by atoms with Crippen LogP contribution in [0.3, 0.4) is 0 Å². The van der Waals surface area contributed by atoms with Gasteiger partial charge in [0.1, 0.15) is 6.10 Å². The molecule has 1 rings (SSSR count). The molecule has 2 unspecified atom stereocenters. The number of allylic oxidation sites excluding steroid dienone is 1. The van der Waals surface area contributed by atoms with Gasteiger partial charge in [-0.3, -0.25) is 0 Å². The van der Waals surface area contributed by atoms with Gasteiger partial charge in [-0.05, 0) is 38.5 Å². The van der Waals surface area contributed by atoms with Crippen LogP contribution in [0.25, 0.3) is 0 Å². The zero-order valence-electron chi connectivity index (χ0n) is 12.4. The maximum Gasteiger partial charge on any atom is 0.333 e. The third kappa shape index (κ3) is 7.56. The van der Waals surface area contributed by atoms with Crippen LogP contribution in [0.4, 0.5) is 0 Å². The van der Waals surface area contributed by atoms with Crippen LogP contribution in [0.15, 0.2) is 37.5 Å². The Morgan fingerprint density at radius 3 is 2.30 bits per heavy atom. The van der Waals surface area contributed by atoms with Gasteiger partial charge >= 0.3 is 11.9 Å². The van der Waals surface area contributed by atoms with Crippen molar-refractivity contribution in [3.05, 3.63) is 37.5 Å². The summed E-state index contributed by atoms with van der Waals surface area (Å²) < 4.78 is 9.44. The van der Waals surface area contributed by atoms with E-state index in [2.05, 4.69) is 24.5 Å². The molecule has 1 fully saturated rings. The molecule has 1 aliphatic carbocycles. The Labute approximate surface area is 121 Å². The summed E-state index contributed by atoms with van der Waals surface area (Å²) in [5, 5.41) is 0. The lowest BCUT2D eigenvalue weighted by molar-refractivity contribution is -0.146. The fraction of sp³-hybridized carbons (Fsp3) is 0.500. The molecule has 0 saturated heterocycles. The van der Waals surface area contributed by atoms with E-state index in [9.17, 15) is 9.59 Å². The van der Waals surface area contributed by atoms with Crippen molar-refractivity contribution < 1.29 is 19.1 Å². The lowest BCUT2D eigenvalue weighted by Gasteiger charge is -2.26. The van der Waals surface area contributed by atoms with E-state index in [4.69, 9.17) is 4.74 Å². The van der Waals surface area contributed by atoms with Crippen LogP contribution < -0.4 is 0 Å². The average molecular weight is 280 g/mol. The Kier molecular flexibility index (Phi) is 9.09. The van der Waals surface area contributed by atoms with Crippen molar-refractivity contribution in [2.45, 2.75) is 38.7 Å². The van der Waals surface area contributed by atoms with Crippen molar-refractivity contribution in [1.82, 2.24) is 0 Å². The molecule has 4 nitrogen and oxygen atoms in total.